The third-order valence-corrected chi connectivity index (χ3v) is 4.35. The molecule has 1 saturated heterocycles. The van der Waals surface area contributed by atoms with Crippen molar-refractivity contribution >= 4 is 21.6 Å². The maximum atomic E-state index is 9.33. The first-order valence-corrected chi connectivity index (χ1v) is 8.19. The Hall–Kier alpha value is -1.05. The van der Waals surface area contributed by atoms with Gasteiger partial charge >= 0.3 is 0 Å². The van der Waals surface area contributed by atoms with Crippen LogP contribution < -0.4 is 10.2 Å². The van der Waals surface area contributed by atoms with Crippen LogP contribution in [-0.2, 0) is 0 Å². The van der Waals surface area contributed by atoms with Crippen LogP contribution in [-0.4, -0.2) is 26.2 Å². The summed E-state index contributed by atoms with van der Waals surface area (Å²) in [6.07, 6.45) is 3.56. The fraction of sp³-hybridized carbons (Fsp3) is 0.562. The van der Waals surface area contributed by atoms with Gasteiger partial charge in [-0.1, -0.05) is 22.9 Å². The quantitative estimate of drug-likeness (QED) is 0.894. The molecule has 0 unspecified atom stereocenters. The number of nitrogens with one attached hydrogen (secondary N) is 1. The van der Waals surface area contributed by atoms with Crippen LogP contribution in [0, 0.1) is 17.2 Å². The molecule has 4 heteroatoms. The van der Waals surface area contributed by atoms with Crippen molar-refractivity contribution in [2.75, 3.05) is 31.1 Å². The van der Waals surface area contributed by atoms with Crippen LogP contribution in [0.2, 0.25) is 0 Å². The SMILES string of the molecule is CCCN(CC1CCNCC1)c1cc(Br)ccc1C#N. The van der Waals surface area contributed by atoms with Crippen molar-refractivity contribution in [3.63, 3.8) is 0 Å². The van der Waals surface area contributed by atoms with Gasteiger partial charge in [-0.2, -0.15) is 5.26 Å². The molecule has 2 rings (SSSR count). The highest BCUT2D eigenvalue weighted by Gasteiger charge is 2.19. The van der Waals surface area contributed by atoms with Gasteiger partial charge < -0.3 is 10.2 Å². The third-order valence-electron chi connectivity index (χ3n) is 3.85. The van der Waals surface area contributed by atoms with E-state index in [-0.39, 0.29) is 0 Å². The Labute approximate surface area is 130 Å². The summed E-state index contributed by atoms with van der Waals surface area (Å²) in [5, 5.41) is 12.7. The normalized spacial score (nSPS) is 15.8. The van der Waals surface area contributed by atoms with Crippen molar-refractivity contribution in [3.05, 3.63) is 28.2 Å². The molecule has 20 heavy (non-hydrogen) atoms. The minimum atomic E-state index is 0.730. The Morgan fingerprint density at radius 2 is 2.15 bits per heavy atom. The first kappa shape index (κ1) is 15.3. The van der Waals surface area contributed by atoms with Crippen molar-refractivity contribution in [1.82, 2.24) is 5.32 Å². The van der Waals surface area contributed by atoms with E-state index in [0.717, 1.165) is 54.2 Å². The maximum absolute atomic E-state index is 9.33. The van der Waals surface area contributed by atoms with Gasteiger partial charge in [0.2, 0.25) is 0 Å². The third kappa shape index (κ3) is 3.97. The summed E-state index contributed by atoms with van der Waals surface area (Å²) in [5.41, 5.74) is 1.85. The highest BCUT2D eigenvalue weighted by Crippen LogP contribution is 2.27. The number of nitrogens with zero attached hydrogens (tertiary/aromatic N) is 2. The summed E-state index contributed by atoms with van der Waals surface area (Å²) in [4.78, 5) is 2.39. The lowest BCUT2D eigenvalue weighted by Gasteiger charge is -2.32. The van der Waals surface area contributed by atoms with Crippen molar-refractivity contribution in [1.29, 1.82) is 5.26 Å². The van der Waals surface area contributed by atoms with Crippen LogP contribution in [0.5, 0.6) is 0 Å². The van der Waals surface area contributed by atoms with E-state index >= 15 is 0 Å². The molecule has 0 aliphatic carbocycles. The van der Waals surface area contributed by atoms with Gasteiger partial charge in [-0.05, 0) is 56.5 Å². The van der Waals surface area contributed by atoms with Crippen molar-refractivity contribution in [3.8, 4) is 6.07 Å². The molecule has 108 valence electrons. The number of halogens is 1. The molecule has 1 aliphatic rings. The van der Waals surface area contributed by atoms with Gasteiger partial charge in [0.15, 0.2) is 0 Å². The van der Waals surface area contributed by atoms with Crippen LogP contribution in [0.3, 0.4) is 0 Å². The Morgan fingerprint density at radius 1 is 1.40 bits per heavy atom. The van der Waals surface area contributed by atoms with Crippen LogP contribution >= 0.6 is 15.9 Å². The lowest BCUT2D eigenvalue weighted by Crippen LogP contribution is -2.37. The molecule has 1 aromatic rings. The molecule has 1 heterocycles. The summed E-state index contributed by atoms with van der Waals surface area (Å²) >= 11 is 3.52. The van der Waals surface area contributed by atoms with Crippen molar-refractivity contribution < 1.29 is 0 Å². The number of nitriles is 1. The average Bonchev–Trinajstić information content (AvgIpc) is 2.48. The van der Waals surface area contributed by atoms with Gasteiger partial charge in [0.25, 0.3) is 0 Å². The van der Waals surface area contributed by atoms with Crippen LogP contribution in [0.1, 0.15) is 31.7 Å². The molecule has 0 amide bonds. The van der Waals surface area contributed by atoms with Crippen LogP contribution in [0.4, 0.5) is 5.69 Å². The Kier molecular flexibility index (Phi) is 5.87. The second-order valence-electron chi connectivity index (χ2n) is 5.41. The highest BCUT2D eigenvalue weighted by molar-refractivity contribution is 9.10. The molecular formula is C16H22BrN3. The molecular weight excluding hydrogens is 314 g/mol. The summed E-state index contributed by atoms with van der Waals surface area (Å²) < 4.78 is 1.04. The molecule has 0 radical (unpaired) electrons. The molecule has 0 aromatic heterocycles. The minimum absolute atomic E-state index is 0.730. The Bertz CT molecular complexity index is 475. The summed E-state index contributed by atoms with van der Waals surface area (Å²) in [6, 6.07) is 8.25. The molecule has 0 bridgehead atoms. The van der Waals surface area contributed by atoms with E-state index in [1.54, 1.807) is 0 Å². The number of anilines is 1. The first-order valence-electron chi connectivity index (χ1n) is 7.40. The fourth-order valence-corrected chi connectivity index (χ4v) is 3.17. The fourth-order valence-electron chi connectivity index (χ4n) is 2.82. The maximum Gasteiger partial charge on any atom is 0.101 e. The van der Waals surface area contributed by atoms with E-state index < -0.39 is 0 Å². The predicted molar refractivity (Wildman–Crippen MR) is 87.0 cm³/mol. The first-order chi connectivity index (χ1) is 9.74. The monoisotopic (exact) mass is 335 g/mol. The van der Waals surface area contributed by atoms with E-state index in [0.29, 0.717) is 0 Å². The van der Waals surface area contributed by atoms with Gasteiger partial charge in [-0.3, -0.25) is 0 Å². The topological polar surface area (TPSA) is 39.1 Å². The number of piperidine rings is 1. The Morgan fingerprint density at radius 3 is 2.80 bits per heavy atom. The second kappa shape index (κ2) is 7.66. The zero-order valence-electron chi connectivity index (χ0n) is 12.0. The van der Waals surface area contributed by atoms with Crippen LogP contribution in [0.15, 0.2) is 22.7 Å². The van der Waals surface area contributed by atoms with Gasteiger partial charge in [-0.15, -0.1) is 0 Å². The Balaban J connectivity index is 2.18. The standard InChI is InChI=1S/C16H22BrN3/c1-2-9-20(12-13-5-7-19-8-6-13)16-10-15(17)4-3-14(16)11-18/h3-4,10,13,19H,2,5-9,12H2,1H3. The zero-order chi connectivity index (χ0) is 14.4. The molecule has 0 spiro atoms. The van der Waals surface area contributed by atoms with E-state index in [9.17, 15) is 5.26 Å². The smallest absolute Gasteiger partial charge is 0.101 e. The summed E-state index contributed by atoms with van der Waals surface area (Å²) in [5.74, 6) is 0.730. The van der Waals surface area contributed by atoms with Gasteiger partial charge in [0, 0.05) is 17.6 Å². The predicted octanol–water partition coefficient (Wildman–Crippen LogP) is 3.54. The van der Waals surface area contributed by atoms with Gasteiger partial charge in [-0.25, -0.2) is 0 Å². The molecule has 0 atom stereocenters. The minimum Gasteiger partial charge on any atom is -0.370 e. The van der Waals surface area contributed by atoms with E-state index in [1.807, 2.05) is 12.1 Å². The second-order valence-corrected chi connectivity index (χ2v) is 6.33. The molecule has 3 nitrogen and oxygen atoms in total. The average molecular weight is 336 g/mol. The lowest BCUT2D eigenvalue weighted by atomic mass is 9.97. The molecule has 1 aliphatic heterocycles. The molecule has 1 aromatic carbocycles. The van der Waals surface area contributed by atoms with E-state index in [1.165, 1.54) is 12.8 Å². The van der Waals surface area contributed by atoms with Crippen molar-refractivity contribution in [2.24, 2.45) is 5.92 Å². The van der Waals surface area contributed by atoms with Crippen molar-refractivity contribution in [2.45, 2.75) is 26.2 Å². The molecule has 1 N–H and O–H groups in total. The largest absolute Gasteiger partial charge is 0.370 e. The lowest BCUT2D eigenvalue weighted by molar-refractivity contribution is 0.373. The number of rotatable bonds is 5. The molecule has 0 saturated carbocycles. The number of hydrogen-bond donors (Lipinski definition) is 1. The highest BCUT2D eigenvalue weighted by atomic mass is 79.9. The van der Waals surface area contributed by atoms with E-state index in [4.69, 9.17) is 0 Å². The van der Waals surface area contributed by atoms with Crippen LogP contribution in [0.25, 0.3) is 0 Å². The number of benzene rings is 1. The van der Waals surface area contributed by atoms with Gasteiger partial charge in [0.1, 0.15) is 6.07 Å². The van der Waals surface area contributed by atoms with Gasteiger partial charge in [0.05, 0.1) is 11.3 Å². The molecule has 1 fully saturated rings. The summed E-state index contributed by atoms with van der Waals surface area (Å²) in [7, 11) is 0. The summed E-state index contributed by atoms with van der Waals surface area (Å²) in [6.45, 7) is 6.50. The number of hydrogen-bond acceptors (Lipinski definition) is 3. The zero-order valence-corrected chi connectivity index (χ0v) is 13.6. The van der Waals surface area contributed by atoms with E-state index in [2.05, 4.69) is 45.2 Å².